The van der Waals surface area contributed by atoms with Crippen LogP contribution in [0.1, 0.15) is 57.8 Å². The van der Waals surface area contributed by atoms with Crippen LogP contribution in [0.4, 0.5) is 17.6 Å². The van der Waals surface area contributed by atoms with Gasteiger partial charge in [0, 0.05) is 30.9 Å². The van der Waals surface area contributed by atoms with Gasteiger partial charge in [0.2, 0.25) is 15.9 Å². The summed E-state index contributed by atoms with van der Waals surface area (Å²) in [5.74, 6) is -4.03. The van der Waals surface area contributed by atoms with Crippen LogP contribution in [0.3, 0.4) is 0 Å². The van der Waals surface area contributed by atoms with Gasteiger partial charge in [-0.15, -0.1) is 0 Å². The van der Waals surface area contributed by atoms with Crippen LogP contribution in [0.15, 0.2) is 0 Å². The third-order valence-corrected chi connectivity index (χ3v) is 12.2. The van der Waals surface area contributed by atoms with Crippen molar-refractivity contribution < 1.29 is 41.0 Å². The van der Waals surface area contributed by atoms with Crippen molar-refractivity contribution in [3.8, 4) is 0 Å². The number of fused-ring (bicyclic) bond motifs is 2. The lowest BCUT2D eigenvalue weighted by atomic mass is 9.65. The molecule has 0 radical (unpaired) electrons. The van der Waals surface area contributed by atoms with Crippen molar-refractivity contribution in [2.45, 2.75) is 112 Å². The van der Waals surface area contributed by atoms with Gasteiger partial charge in [-0.2, -0.15) is 0 Å². The molecule has 5 rings (SSSR count). The second-order valence-corrected chi connectivity index (χ2v) is 14.4. The number of halogens is 4. The Morgan fingerprint density at radius 3 is 2.35 bits per heavy atom. The normalized spacial score (nSPS) is 47.5. The van der Waals surface area contributed by atoms with Gasteiger partial charge in [0.1, 0.15) is 30.7 Å². The zero-order chi connectivity index (χ0) is 28.8. The number of carbonyl (C=O) groups excluding carboxylic acids is 1. The molecule has 1 aliphatic heterocycles. The van der Waals surface area contributed by atoms with Crippen LogP contribution in [-0.4, -0.2) is 91.9 Å². The number of carbonyl (C=O) groups is 1. The Bertz CT molecular complexity index is 1010. The second-order valence-electron chi connectivity index (χ2n) is 12.5. The first-order chi connectivity index (χ1) is 19.0. The monoisotopic (exact) mass is 598 g/mol. The molecule has 1 amide bonds. The molecule has 6 N–H and O–H groups in total. The van der Waals surface area contributed by atoms with Crippen molar-refractivity contribution in [1.82, 2.24) is 20.9 Å². The molecule has 0 bridgehead atoms. The van der Waals surface area contributed by atoms with Gasteiger partial charge >= 0.3 is 0 Å². The Balaban J connectivity index is 1.25. The van der Waals surface area contributed by atoms with E-state index in [2.05, 4.69) is 20.9 Å². The van der Waals surface area contributed by atoms with E-state index < -0.39 is 93.8 Å². The molecule has 1 heterocycles. The number of aliphatic hydroxyl groups excluding tert-OH is 2. The molecular weight excluding hydrogens is 556 g/mol. The third-order valence-electron chi connectivity index (χ3n) is 10.3. The second kappa shape index (κ2) is 12.3. The maximum Gasteiger partial charge on any atom is 0.238 e. The fraction of sp³-hybridized carbons (Fsp3) is 0.962. The highest BCUT2D eigenvalue weighted by Gasteiger charge is 2.56. The first kappa shape index (κ1) is 30.4. The Morgan fingerprint density at radius 2 is 1.60 bits per heavy atom. The van der Waals surface area contributed by atoms with E-state index in [0.29, 0.717) is 25.7 Å². The lowest BCUT2D eigenvalue weighted by Gasteiger charge is -2.45. The van der Waals surface area contributed by atoms with Crippen LogP contribution in [0, 0.1) is 29.6 Å². The van der Waals surface area contributed by atoms with Crippen molar-refractivity contribution in [2.24, 2.45) is 29.6 Å². The molecule has 9 nitrogen and oxygen atoms in total. The van der Waals surface area contributed by atoms with Crippen molar-refractivity contribution >= 4 is 15.9 Å². The average molecular weight is 599 g/mol. The van der Waals surface area contributed by atoms with Gasteiger partial charge in [-0.25, -0.2) is 36.1 Å². The van der Waals surface area contributed by atoms with E-state index in [1.54, 1.807) is 0 Å². The molecule has 0 aromatic heterocycles. The summed E-state index contributed by atoms with van der Waals surface area (Å²) < 4.78 is 90.8. The number of hydrazine groups is 1. The van der Waals surface area contributed by atoms with E-state index >= 15 is 13.2 Å². The molecule has 0 aromatic carbocycles. The number of nitrogens with one attached hydrogen (secondary N) is 4. The van der Waals surface area contributed by atoms with Gasteiger partial charge in [-0.05, 0) is 69.6 Å². The summed E-state index contributed by atoms with van der Waals surface area (Å²) in [5, 5.41) is 20.7. The fourth-order valence-corrected chi connectivity index (χ4v) is 10.4. The van der Waals surface area contributed by atoms with Crippen LogP contribution >= 0.6 is 0 Å². The molecule has 14 heteroatoms. The van der Waals surface area contributed by atoms with Crippen LogP contribution < -0.4 is 20.9 Å². The zero-order valence-corrected chi connectivity index (χ0v) is 23.2. The zero-order valence-electron chi connectivity index (χ0n) is 22.4. The molecule has 230 valence electrons. The molecule has 14 atom stereocenters. The number of rotatable bonds is 8. The lowest BCUT2D eigenvalue weighted by Crippen LogP contribution is -2.58. The first-order valence-electron chi connectivity index (χ1n) is 14.7. The standard InChI is InChI=1S/C26H42F4N4O5S/c27-12-10-16-13(4-7-19(16)36)20(11-12)40(38,39)34-18-6-5-17(28)21(23(18)30)14-2-3-15-24(22(14)29)32-33-25(15)26(37)31-8-1-9-35/h12-25,32-36H,1-11H2,(H,31,37). The largest absolute Gasteiger partial charge is 0.396 e. The number of alkyl halides is 4. The van der Waals surface area contributed by atoms with E-state index in [9.17, 15) is 22.7 Å². The summed E-state index contributed by atoms with van der Waals surface area (Å²) in [4.78, 5) is 12.5. The molecule has 4 aliphatic carbocycles. The van der Waals surface area contributed by atoms with Gasteiger partial charge in [0.05, 0.1) is 23.4 Å². The smallest absolute Gasteiger partial charge is 0.238 e. The highest BCUT2D eigenvalue weighted by Crippen LogP contribution is 2.48. The molecule has 5 fully saturated rings. The number of aliphatic hydroxyl groups is 2. The summed E-state index contributed by atoms with van der Waals surface area (Å²) in [6.45, 7) is 0.194. The molecular formula is C26H42F4N4O5S. The molecule has 40 heavy (non-hydrogen) atoms. The highest BCUT2D eigenvalue weighted by molar-refractivity contribution is 7.90. The number of sulfonamides is 1. The SMILES string of the molecule is O=C(NCCCO)C1NNC2C(F)C(C3C(F)CCC(NS(=O)(=O)C4CC(F)CC5C(O)CCC54)C3F)CCC12. The first-order valence-corrected chi connectivity index (χ1v) is 16.2. The molecule has 14 unspecified atom stereocenters. The molecule has 0 aromatic rings. The van der Waals surface area contributed by atoms with E-state index in [1.165, 1.54) is 0 Å². The van der Waals surface area contributed by atoms with Gasteiger partial charge in [-0.3, -0.25) is 10.2 Å². The average Bonchev–Trinajstić information content (AvgIpc) is 3.51. The highest BCUT2D eigenvalue weighted by atomic mass is 32.2. The van der Waals surface area contributed by atoms with Crippen LogP contribution in [0.5, 0.6) is 0 Å². The van der Waals surface area contributed by atoms with Crippen molar-refractivity contribution in [3.05, 3.63) is 0 Å². The third kappa shape index (κ3) is 5.77. The van der Waals surface area contributed by atoms with Crippen LogP contribution in [0.2, 0.25) is 0 Å². The van der Waals surface area contributed by atoms with E-state index in [4.69, 9.17) is 5.11 Å². The van der Waals surface area contributed by atoms with Crippen LogP contribution in [0.25, 0.3) is 0 Å². The summed E-state index contributed by atoms with van der Waals surface area (Å²) in [6.07, 6.45) is -6.06. The number of hydrogen-bond donors (Lipinski definition) is 6. The number of amides is 1. The van der Waals surface area contributed by atoms with Gasteiger partial charge in [0.15, 0.2) is 0 Å². The quantitative estimate of drug-likeness (QED) is 0.181. The minimum Gasteiger partial charge on any atom is -0.396 e. The number of hydrogen-bond acceptors (Lipinski definition) is 7. The maximum absolute atomic E-state index is 16.0. The Labute approximate surface area is 232 Å². The predicted octanol–water partition coefficient (Wildman–Crippen LogP) is 0.956. The topological polar surface area (TPSA) is 140 Å². The van der Waals surface area contributed by atoms with Gasteiger partial charge in [0.25, 0.3) is 0 Å². The van der Waals surface area contributed by atoms with E-state index in [1.807, 2.05) is 0 Å². The molecule has 1 saturated heterocycles. The maximum atomic E-state index is 16.0. The minimum atomic E-state index is -4.19. The Morgan fingerprint density at radius 1 is 0.875 bits per heavy atom. The summed E-state index contributed by atoms with van der Waals surface area (Å²) in [5.41, 5.74) is 5.61. The molecule has 4 saturated carbocycles. The fourth-order valence-electron chi connectivity index (χ4n) is 8.28. The van der Waals surface area contributed by atoms with Crippen molar-refractivity contribution in [1.29, 1.82) is 0 Å². The predicted molar refractivity (Wildman–Crippen MR) is 138 cm³/mol. The molecule has 5 aliphatic rings. The van der Waals surface area contributed by atoms with E-state index in [0.717, 1.165) is 0 Å². The van der Waals surface area contributed by atoms with Crippen molar-refractivity contribution in [3.63, 3.8) is 0 Å². The minimum absolute atomic E-state index is 0.0779. The summed E-state index contributed by atoms with van der Waals surface area (Å²) in [7, 11) is -4.19. The Hall–Kier alpha value is -1.06. The Kier molecular flexibility index (Phi) is 9.33. The van der Waals surface area contributed by atoms with Crippen LogP contribution in [-0.2, 0) is 14.8 Å². The summed E-state index contributed by atoms with van der Waals surface area (Å²) >= 11 is 0. The molecule has 0 spiro atoms. The lowest BCUT2D eigenvalue weighted by molar-refractivity contribution is -0.124. The van der Waals surface area contributed by atoms with E-state index in [-0.39, 0.29) is 51.2 Å². The van der Waals surface area contributed by atoms with Gasteiger partial charge < -0.3 is 15.5 Å². The van der Waals surface area contributed by atoms with Crippen molar-refractivity contribution in [2.75, 3.05) is 13.2 Å². The van der Waals surface area contributed by atoms with Gasteiger partial charge in [-0.1, -0.05) is 0 Å². The summed E-state index contributed by atoms with van der Waals surface area (Å²) in [6, 6.07) is -2.81.